The summed E-state index contributed by atoms with van der Waals surface area (Å²) in [7, 11) is -3.21. The van der Waals surface area contributed by atoms with Gasteiger partial charge in [-0.1, -0.05) is 13.0 Å². The molecule has 1 saturated heterocycles. The molecule has 0 aliphatic carbocycles. The number of sulfonamides is 1. The van der Waals surface area contributed by atoms with Gasteiger partial charge in [0.25, 0.3) is 0 Å². The Labute approximate surface area is 139 Å². The van der Waals surface area contributed by atoms with E-state index < -0.39 is 21.1 Å². The Kier molecular flexibility index (Phi) is 6.01. The molecule has 130 valence electrons. The minimum atomic E-state index is -3.21. The lowest BCUT2D eigenvalue weighted by Crippen LogP contribution is -2.48. The fourth-order valence-corrected chi connectivity index (χ4v) is 4.02. The van der Waals surface area contributed by atoms with Gasteiger partial charge in [-0.3, -0.25) is 0 Å². The van der Waals surface area contributed by atoms with Gasteiger partial charge in [-0.05, 0) is 18.6 Å². The summed E-state index contributed by atoms with van der Waals surface area (Å²) in [5.74, 6) is 0.399. The van der Waals surface area contributed by atoms with Crippen molar-refractivity contribution in [1.82, 2.24) is 4.31 Å². The van der Waals surface area contributed by atoms with Gasteiger partial charge in [-0.15, -0.1) is 0 Å². The van der Waals surface area contributed by atoms with E-state index in [1.54, 1.807) is 18.2 Å². The lowest BCUT2D eigenvalue weighted by Gasteiger charge is -2.35. The van der Waals surface area contributed by atoms with E-state index in [4.69, 9.17) is 4.74 Å². The normalized spacial score (nSPS) is 18.0. The van der Waals surface area contributed by atoms with Crippen LogP contribution in [0.1, 0.15) is 13.3 Å². The minimum absolute atomic E-state index is 0.244. The topological polar surface area (TPSA) is 87.2 Å². The van der Waals surface area contributed by atoms with Crippen LogP contribution in [-0.2, 0) is 21.1 Å². The molecule has 0 spiro atoms. The molecule has 7 nitrogen and oxygen atoms in total. The van der Waals surface area contributed by atoms with Gasteiger partial charge in [0.15, 0.2) is 11.1 Å². The van der Waals surface area contributed by atoms with E-state index in [-0.39, 0.29) is 4.90 Å². The summed E-state index contributed by atoms with van der Waals surface area (Å²) in [5.41, 5.74) is 0.618. The molecule has 1 atom stereocenters. The second-order valence-electron chi connectivity index (χ2n) is 5.35. The highest BCUT2D eigenvalue weighted by molar-refractivity contribution is 7.88. The largest absolute Gasteiger partial charge is 0.492 e. The van der Waals surface area contributed by atoms with E-state index >= 15 is 0 Å². The first-order valence-electron chi connectivity index (χ1n) is 7.41. The Balaban J connectivity index is 2.25. The van der Waals surface area contributed by atoms with Gasteiger partial charge in [0.1, 0.15) is 10.6 Å². The van der Waals surface area contributed by atoms with Crippen LogP contribution in [0.25, 0.3) is 0 Å². The van der Waals surface area contributed by atoms with Crippen molar-refractivity contribution in [1.29, 1.82) is 0 Å². The zero-order valence-corrected chi connectivity index (χ0v) is 14.9. The fourth-order valence-electron chi connectivity index (χ4n) is 2.52. The molecule has 9 heteroatoms. The summed E-state index contributed by atoms with van der Waals surface area (Å²) in [4.78, 5) is 2.16. The summed E-state index contributed by atoms with van der Waals surface area (Å²) in [6, 6.07) is 5.22. The van der Waals surface area contributed by atoms with Crippen molar-refractivity contribution >= 4 is 26.8 Å². The first-order chi connectivity index (χ1) is 10.8. The van der Waals surface area contributed by atoms with Gasteiger partial charge in [0.2, 0.25) is 10.0 Å². The number of hydrogen-bond donors (Lipinski definition) is 1. The Bertz CT molecular complexity index is 670. The van der Waals surface area contributed by atoms with Crippen LogP contribution < -0.4 is 9.64 Å². The van der Waals surface area contributed by atoms with E-state index in [1.165, 1.54) is 10.6 Å². The summed E-state index contributed by atoms with van der Waals surface area (Å²) in [5, 5.41) is 0. The molecular weight excluding hydrogens is 340 g/mol. The third kappa shape index (κ3) is 4.43. The van der Waals surface area contributed by atoms with E-state index in [1.807, 2.05) is 11.8 Å². The van der Waals surface area contributed by atoms with E-state index in [0.717, 1.165) is 6.42 Å². The summed E-state index contributed by atoms with van der Waals surface area (Å²) in [6.45, 7) is 4.08. The van der Waals surface area contributed by atoms with Crippen molar-refractivity contribution in [3.8, 4) is 5.75 Å². The molecule has 1 aliphatic rings. The third-order valence-corrected chi connectivity index (χ3v) is 5.71. The molecule has 0 aromatic heterocycles. The molecule has 1 aliphatic heterocycles. The third-order valence-electron chi connectivity index (χ3n) is 3.64. The zero-order chi connectivity index (χ0) is 17.0. The average molecular weight is 362 g/mol. The summed E-state index contributed by atoms with van der Waals surface area (Å²) >= 11 is -2.18. The number of piperazine rings is 1. The SMILES string of the molecule is CCCOc1cccc(N2CCN(S(C)(=O)=O)CC2)c1S(=O)O. The van der Waals surface area contributed by atoms with Crippen molar-refractivity contribution in [2.24, 2.45) is 0 Å². The van der Waals surface area contributed by atoms with Crippen LogP contribution >= 0.6 is 0 Å². The molecule has 23 heavy (non-hydrogen) atoms. The Morgan fingerprint density at radius 1 is 1.26 bits per heavy atom. The molecule has 1 aromatic carbocycles. The second kappa shape index (κ2) is 7.61. The van der Waals surface area contributed by atoms with Gasteiger partial charge < -0.3 is 14.2 Å². The number of nitrogens with zero attached hydrogens (tertiary/aromatic N) is 2. The Morgan fingerprint density at radius 2 is 1.91 bits per heavy atom. The Hall–Kier alpha value is -1.16. The zero-order valence-electron chi connectivity index (χ0n) is 13.3. The number of rotatable bonds is 6. The molecular formula is C14H22N2O5S2. The van der Waals surface area contributed by atoms with Crippen molar-refractivity contribution in [2.75, 3.05) is 43.9 Å². The second-order valence-corrected chi connectivity index (χ2v) is 8.24. The van der Waals surface area contributed by atoms with Crippen LogP contribution in [-0.4, -0.2) is 60.5 Å². The molecule has 1 heterocycles. The van der Waals surface area contributed by atoms with Gasteiger partial charge in [-0.2, -0.15) is 4.31 Å². The monoisotopic (exact) mass is 362 g/mol. The van der Waals surface area contributed by atoms with Crippen LogP contribution in [0.4, 0.5) is 5.69 Å². The van der Waals surface area contributed by atoms with Gasteiger partial charge in [0, 0.05) is 26.2 Å². The summed E-state index contributed by atoms with van der Waals surface area (Å²) in [6.07, 6.45) is 1.99. The highest BCUT2D eigenvalue weighted by Crippen LogP contribution is 2.33. The van der Waals surface area contributed by atoms with Crippen LogP contribution in [0.15, 0.2) is 23.1 Å². The highest BCUT2D eigenvalue weighted by Gasteiger charge is 2.26. The fraction of sp³-hybridized carbons (Fsp3) is 0.571. The highest BCUT2D eigenvalue weighted by atomic mass is 32.2. The summed E-state index contributed by atoms with van der Waals surface area (Å²) < 4.78 is 51.6. The average Bonchev–Trinajstić information content (AvgIpc) is 2.51. The molecule has 2 rings (SSSR count). The van der Waals surface area contributed by atoms with Crippen molar-refractivity contribution < 1.29 is 21.9 Å². The molecule has 1 aromatic rings. The van der Waals surface area contributed by atoms with Crippen LogP contribution in [0, 0.1) is 0 Å². The van der Waals surface area contributed by atoms with Crippen LogP contribution in [0.2, 0.25) is 0 Å². The first kappa shape index (κ1) is 18.2. The first-order valence-corrected chi connectivity index (χ1v) is 10.4. The maximum absolute atomic E-state index is 11.8. The minimum Gasteiger partial charge on any atom is -0.492 e. The maximum atomic E-state index is 11.8. The number of ether oxygens (including phenoxy) is 1. The quantitative estimate of drug-likeness (QED) is 0.764. The molecule has 0 amide bonds. The maximum Gasteiger partial charge on any atom is 0.211 e. The molecule has 0 bridgehead atoms. The van der Waals surface area contributed by atoms with Crippen LogP contribution in [0.5, 0.6) is 5.75 Å². The van der Waals surface area contributed by atoms with Crippen LogP contribution in [0.3, 0.4) is 0 Å². The van der Waals surface area contributed by atoms with Crippen molar-refractivity contribution in [3.05, 3.63) is 18.2 Å². The molecule has 1 fully saturated rings. The van der Waals surface area contributed by atoms with Crippen molar-refractivity contribution in [3.63, 3.8) is 0 Å². The lowest BCUT2D eigenvalue weighted by molar-refractivity contribution is 0.308. The number of benzene rings is 1. The van der Waals surface area contributed by atoms with E-state index in [9.17, 15) is 17.2 Å². The van der Waals surface area contributed by atoms with Gasteiger partial charge in [0.05, 0.1) is 18.6 Å². The van der Waals surface area contributed by atoms with Gasteiger partial charge >= 0.3 is 0 Å². The molecule has 0 saturated carbocycles. The standard InChI is InChI=1S/C14H22N2O5S2/c1-3-11-21-13-6-4-5-12(14(13)22(17)18)15-7-9-16(10-8-15)23(2,19)20/h4-6H,3,7-11H2,1-2H3,(H,17,18). The number of hydrogen-bond acceptors (Lipinski definition) is 5. The molecule has 0 radical (unpaired) electrons. The lowest BCUT2D eigenvalue weighted by atomic mass is 10.2. The van der Waals surface area contributed by atoms with Gasteiger partial charge in [-0.25, -0.2) is 12.6 Å². The smallest absolute Gasteiger partial charge is 0.211 e. The van der Waals surface area contributed by atoms with E-state index in [0.29, 0.717) is 44.2 Å². The predicted octanol–water partition coefficient (Wildman–Crippen LogP) is 1.14. The van der Waals surface area contributed by atoms with Crippen molar-refractivity contribution in [2.45, 2.75) is 18.2 Å². The molecule has 1 N–H and O–H groups in total. The number of anilines is 1. The predicted molar refractivity (Wildman–Crippen MR) is 89.9 cm³/mol. The Morgan fingerprint density at radius 3 is 2.43 bits per heavy atom. The van der Waals surface area contributed by atoms with E-state index in [2.05, 4.69) is 0 Å². The molecule has 1 unspecified atom stereocenters.